The third kappa shape index (κ3) is 2.39. The summed E-state index contributed by atoms with van der Waals surface area (Å²) < 4.78 is 5.29. The highest BCUT2D eigenvalue weighted by Crippen LogP contribution is 2.26. The van der Waals surface area contributed by atoms with Crippen LogP contribution in [0.2, 0.25) is 0 Å². The predicted octanol–water partition coefficient (Wildman–Crippen LogP) is 1.48. The van der Waals surface area contributed by atoms with Crippen molar-refractivity contribution in [3.05, 3.63) is 24.3 Å². The van der Waals surface area contributed by atoms with E-state index in [1.807, 2.05) is 18.2 Å². The molecule has 0 saturated heterocycles. The van der Waals surface area contributed by atoms with Crippen LogP contribution in [0.3, 0.4) is 0 Å². The van der Waals surface area contributed by atoms with Crippen LogP contribution in [0.5, 0.6) is 5.75 Å². The van der Waals surface area contributed by atoms with Crippen molar-refractivity contribution in [3.63, 3.8) is 0 Å². The molecule has 1 aromatic carbocycles. The molecule has 0 bridgehead atoms. The van der Waals surface area contributed by atoms with E-state index in [4.69, 9.17) is 10.5 Å². The fourth-order valence-electron chi connectivity index (χ4n) is 1.50. The van der Waals surface area contributed by atoms with Crippen molar-refractivity contribution in [2.45, 2.75) is 6.92 Å². The zero-order chi connectivity index (χ0) is 10.4. The number of ether oxygens (including phenoxy) is 1. The zero-order valence-corrected chi connectivity index (χ0v) is 8.86. The van der Waals surface area contributed by atoms with Gasteiger partial charge in [0.05, 0.1) is 12.8 Å². The molecule has 1 aromatic rings. The Morgan fingerprint density at radius 2 is 2.07 bits per heavy atom. The molecule has 0 saturated carbocycles. The van der Waals surface area contributed by atoms with Crippen molar-refractivity contribution in [2.24, 2.45) is 5.73 Å². The summed E-state index contributed by atoms with van der Waals surface area (Å²) in [7, 11) is 1.69. The van der Waals surface area contributed by atoms with Crippen molar-refractivity contribution in [2.75, 3.05) is 31.6 Å². The van der Waals surface area contributed by atoms with E-state index in [1.54, 1.807) is 7.11 Å². The highest BCUT2D eigenvalue weighted by atomic mass is 16.5. The molecule has 0 unspecified atom stereocenters. The average molecular weight is 194 g/mol. The fraction of sp³-hybridized carbons (Fsp3) is 0.455. The van der Waals surface area contributed by atoms with E-state index in [0.717, 1.165) is 24.5 Å². The Kier molecular flexibility index (Phi) is 4.26. The Hall–Kier alpha value is -1.22. The molecule has 0 atom stereocenters. The first-order chi connectivity index (χ1) is 6.83. The van der Waals surface area contributed by atoms with Crippen LogP contribution in [0, 0.1) is 0 Å². The molecule has 2 N–H and O–H groups in total. The van der Waals surface area contributed by atoms with Gasteiger partial charge in [-0.15, -0.1) is 0 Å². The maximum atomic E-state index is 5.55. The number of likely N-dealkylation sites (N-methyl/N-ethyl adjacent to an activating group) is 1. The Balaban J connectivity index is 2.90. The van der Waals surface area contributed by atoms with E-state index in [9.17, 15) is 0 Å². The van der Waals surface area contributed by atoms with Crippen molar-refractivity contribution in [3.8, 4) is 5.75 Å². The summed E-state index contributed by atoms with van der Waals surface area (Å²) in [6.07, 6.45) is 0. The van der Waals surface area contributed by atoms with Crippen LogP contribution in [-0.4, -0.2) is 26.7 Å². The molecular formula is C11H18N2O. The highest BCUT2D eigenvalue weighted by Gasteiger charge is 2.07. The second-order valence-corrected chi connectivity index (χ2v) is 3.04. The van der Waals surface area contributed by atoms with Gasteiger partial charge < -0.3 is 15.4 Å². The first kappa shape index (κ1) is 10.9. The van der Waals surface area contributed by atoms with Crippen LogP contribution in [0.1, 0.15) is 6.92 Å². The van der Waals surface area contributed by atoms with Crippen molar-refractivity contribution in [1.82, 2.24) is 0 Å². The van der Waals surface area contributed by atoms with Gasteiger partial charge >= 0.3 is 0 Å². The van der Waals surface area contributed by atoms with Gasteiger partial charge in [-0.25, -0.2) is 0 Å². The number of hydrogen-bond donors (Lipinski definition) is 1. The Morgan fingerprint density at radius 3 is 2.64 bits per heavy atom. The van der Waals surface area contributed by atoms with Gasteiger partial charge in [0.25, 0.3) is 0 Å². The van der Waals surface area contributed by atoms with Gasteiger partial charge in [0.15, 0.2) is 0 Å². The minimum Gasteiger partial charge on any atom is -0.495 e. The van der Waals surface area contributed by atoms with Crippen LogP contribution in [0.15, 0.2) is 24.3 Å². The van der Waals surface area contributed by atoms with Gasteiger partial charge in [0, 0.05) is 19.6 Å². The summed E-state index contributed by atoms with van der Waals surface area (Å²) in [4.78, 5) is 2.21. The first-order valence-corrected chi connectivity index (χ1v) is 4.91. The molecule has 0 amide bonds. The highest BCUT2D eigenvalue weighted by molar-refractivity contribution is 5.58. The molecule has 14 heavy (non-hydrogen) atoms. The molecule has 0 aliphatic heterocycles. The summed E-state index contributed by atoms with van der Waals surface area (Å²) in [6, 6.07) is 8.00. The zero-order valence-electron chi connectivity index (χ0n) is 8.86. The van der Waals surface area contributed by atoms with Crippen LogP contribution >= 0.6 is 0 Å². The molecule has 0 heterocycles. The standard InChI is InChI=1S/C11H18N2O/c1-3-13(9-8-12)10-6-4-5-7-11(10)14-2/h4-7H,3,8-9,12H2,1-2H3. The van der Waals surface area contributed by atoms with Crippen LogP contribution in [0.25, 0.3) is 0 Å². The maximum Gasteiger partial charge on any atom is 0.142 e. The summed E-state index contributed by atoms with van der Waals surface area (Å²) in [5.41, 5.74) is 6.67. The minimum absolute atomic E-state index is 0.659. The molecule has 0 spiro atoms. The van der Waals surface area contributed by atoms with E-state index in [2.05, 4.69) is 17.9 Å². The van der Waals surface area contributed by atoms with Gasteiger partial charge in [-0.1, -0.05) is 12.1 Å². The monoisotopic (exact) mass is 194 g/mol. The van der Waals surface area contributed by atoms with E-state index in [-0.39, 0.29) is 0 Å². The van der Waals surface area contributed by atoms with E-state index >= 15 is 0 Å². The topological polar surface area (TPSA) is 38.5 Å². The van der Waals surface area contributed by atoms with E-state index < -0.39 is 0 Å². The van der Waals surface area contributed by atoms with Crippen molar-refractivity contribution in [1.29, 1.82) is 0 Å². The molecule has 3 heteroatoms. The Bertz CT molecular complexity index is 276. The second kappa shape index (κ2) is 5.50. The van der Waals surface area contributed by atoms with Gasteiger partial charge in [0.1, 0.15) is 5.75 Å². The first-order valence-electron chi connectivity index (χ1n) is 4.91. The third-order valence-electron chi connectivity index (χ3n) is 2.21. The third-order valence-corrected chi connectivity index (χ3v) is 2.21. The van der Waals surface area contributed by atoms with Crippen molar-refractivity contribution >= 4 is 5.69 Å². The number of benzene rings is 1. The molecular weight excluding hydrogens is 176 g/mol. The lowest BCUT2D eigenvalue weighted by Crippen LogP contribution is -2.29. The molecule has 1 rings (SSSR count). The van der Waals surface area contributed by atoms with Crippen LogP contribution in [0.4, 0.5) is 5.69 Å². The lowest BCUT2D eigenvalue weighted by atomic mass is 10.2. The lowest BCUT2D eigenvalue weighted by molar-refractivity contribution is 0.414. The van der Waals surface area contributed by atoms with Gasteiger partial charge in [-0.2, -0.15) is 0 Å². The Morgan fingerprint density at radius 1 is 1.36 bits per heavy atom. The summed E-state index contributed by atoms with van der Waals surface area (Å²) in [5, 5.41) is 0. The van der Waals surface area contributed by atoms with Crippen molar-refractivity contribution < 1.29 is 4.74 Å². The van der Waals surface area contributed by atoms with Gasteiger partial charge in [0.2, 0.25) is 0 Å². The molecule has 0 radical (unpaired) electrons. The number of hydrogen-bond acceptors (Lipinski definition) is 3. The summed E-state index contributed by atoms with van der Waals surface area (Å²) in [5.74, 6) is 0.905. The molecule has 0 aliphatic carbocycles. The second-order valence-electron chi connectivity index (χ2n) is 3.04. The number of anilines is 1. The average Bonchev–Trinajstić information content (AvgIpc) is 2.26. The van der Waals surface area contributed by atoms with E-state index in [1.165, 1.54) is 0 Å². The summed E-state index contributed by atoms with van der Waals surface area (Å²) >= 11 is 0. The lowest BCUT2D eigenvalue weighted by Gasteiger charge is -2.24. The molecule has 0 aliphatic rings. The van der Waals surface area contributed by atoms with Gasteiger partial charge in [-0.05, 0) is 19.1 Å². The largest absolute Gasteiger partial charge is 0.495 e. The number of rotatable bonds is 5. The normalized spacial score (nSPS) is 9.93. The van der Waals surface area contributed by atoms with E-state index in [0.29, 0.717) is 6.54 Å². The maximum absolute atomic E-state index is 5.55. The fourth-order valence-corrected chi connectivity index (χ4v) is 1.50. The van der Waals surface area contributed by atoms with Crippen LogP contribution in [-0.2, 0) is 0 Å². The SMILES string of the molecule is CCN(CCN)c1ccccc1OC. The smallest absolute Gasteiger partial charge is 0.142 e. The Labute approximate surface area is 85.5 Å². The summed E-state index contributed by atoms with van der Waals surface area (Å²) in [6.45, 7) is 4.57. The number of para-hydroxylation sites is 2. The van der Waals surface area contributed by atoms with Crippen LogP contribution < -0.4 is 15.4 Å². The number of nitrogens with two attached hydrogens (primary N) is 1. The quantitative estimate of drug-likeness (QED) is 0.771. The predicted molar refractivity (Wildman–Crippen MR) is 59.9 cm³/mol. The minimum atomic E-state index is 0.659. The molecule has 3 nitrogen and oxygen atoms in total. The molecule has 0 fully saturated rings. The number of methoxy groups -OCH3 is 1. The molecule has 78 valence electrons. The number of nitrogens with zero attached hydrogens (tertiary/aromatic N) is 1. The van der Waals surface area contributed by atoms with Gasteiger partial charge in [-0.3, -0.25) is 0 Å². The molecule has 0 aromatic heterocycles.